The van der Waals surface area contributed by atoms with Gasteiger partial charge in [0.05, 0.1) is 0 Å². The van der Waals surface area contributed by atoms with Gasteiger partial charge in [0, 0.05) is 19.4 Å². The van der Waals surface area contributed by atoms with Crippen molar-refractivity contribution in [3.8, 4) is 0 Å². The molecule has 1 N–H and O–H groups in total. The van der Waals surface area contributed by atoms with Crippen LogP contribution in [0.1, 0.15) is 30.1 Å². The molecule has 0 saturated heterocycles. The first-order valence-electron chi connectivity index (χ1n) is 5.85. The van der Waals surface area contributed by atoms with Gasteiger partial charge in [0.2, 0.25) is 5.89 Å². The van der Waals surface area contributed by atoms with Crippen molar-refractivity contribution in [3.05, 3.63) is 47.6 Å². The van der Waals surface area contributed by atoms with Crippen LogP contribution in [0.25, 0.3) is 0 Å². The van der Waals surface area contributed by atoms with E-state index < -0.39 is 0 Å². The van der Waals surface area contributed by atoms with E-state index in [2.05, 4.69) is 10.1 Å². The number of aromatic nitrogens is 2. The van der Waals surface area contributed by atoms with Crippen LogP contribution in [0.2, 0.25) is 0 Å². The lowest BCUT2D eigenvalue weighted by atomic mass is 10.1. The number of unbranched alkanes of at least 4 members (excludes halogenated alkanes) is 1. The third kappa shape index (κ3) is 3.67. The molecule has 0 aliphatic carbocycles. The van der Waals surface area contributed by atoms with E-state index in [0.717, 1.165) is 25.1 Å². The van der Waals surface area contributed by atoms with Gasteiger partial charge in [-0.25, -0.2) is 0 Å². The molecule has 0 fully saturated rings. The number of benzene rings is 1. The lowest BCUT2D eigenvalue weighted by molar-refractivity contribution is 0.280. The molecule has 4 heteroatoms. The fourth-order valence-electron chi connectivity index (χ4n) is 1.63. The molecule has 90 valence electrons. The second kappa shape index (κ2) is 6.15. The van der Waals surface area contributed by atoms with Crippen LogP contribution >= 0.6 is 0 Å². The first kappa shape index (κ1) is 11.8. The van der Waals surface area contributed by atoms with Crippen LogP contribution in [0, 0.1) is 0 Å². The predicted molar refractivity (Wildman–Crippen MR) is 63.6 cm³/mol. The molecule has 17 heavy (non-hydrogen) atoms. The number of aliphatic hydroxyl groups is 1. The van der Waals surface area contributed by atoms with E-state index in [-0.39, 0.29) is 6.61 Å². The maximum absolute atomic E-state index is 8.68. The largest absolute Gasteiger partial charge is 0.396 e. The molecule has 2 rings (SSSR count). The summed E-state index contributed by atoms with van der Waals surface area (Å²) in [5.41, 5.74) is 1.18. The molecule has 0 atom stereocenters. The standard InChI is InChI=1S/C13H16N2O2/c16-9-5-4-8-13-14-12(15-17-13)10-11-6-2-1-3-7-11/h1-3,6-7,16H,4-5,8-10H2. The SMILES string of the molecule is OCCCCc1nc(Cc2ccccc2)no1. The number of hydrogen-bond acceptors (Lipinski definition) is 4. The van der Waals surface area contributed by atoms with Crippen molar-refractivity contribution in [1.82, 2.24) is 10.1 Å². The van der Waals surface area contributed by atoms with Crippen LogP contribution in [0.3, 0.4) is 0 Å². The second-order valence-corrected chi connectivity index (χ2v) is 3.95. The quantitative estimate of drug-likeness (QED) is 0.774. The minimum Gasteiger partial charge on any atom is -0.396 e. The van der Waals surface area contributed by atoms with E-state index in [4.69, 9.17) is 9.63 Å². The van der Waals surface area contributed by atoms with Crippen LogP contribution in [0.4, 0.5) is 0 Å². The molecule has 0 aliphatic heterocycles. The normalized spacial score (nSPS) is 10.6. The minimum atomic E-state index is 0.213. The molecule has 0 radical (unpaired) electrons. The number of hydrogen-bond donors (Lipinski definition) is 1. The predicted octanol–water partition coefficient (Wildman–Crippen LogP) is 1.98. The summed E-state index contributed by atoms with van der Waals surface area (Å²) in [7, 11) is 0. The molecule has 1 heterocycles. The zero-order valence-electron chi connectivity index (χ0n) is 9.67. The molecule has 1 aromatic carbocycles. The lowest BCUT2D eigenvalue weighted by Crippen LogP contribution is -1.92. The highest BCUT2D eigenvalue weighted by Crippen LogP contribution is 2.08. The van der Waals surface area contributed by atoms with E-state index in [1.54, 1.807) is 0 Å². The first-order chi connectivity index (χ1) is 8.38. The van der Waals surface area contributed by atoms with Crippen molar-refractivity contribution in [3.63, 3.8) is 0 Å². The van der Waals surface area contributed by atoms with E-state index in [1.165, 1.54) is 5.56 Å². The van der Waals surface area contributed by atoms with Gasteiger partial charge in [-0.1, -0.05) is 35.5 Å². The van der Waals surface area contributed by atoms with Crippen molar-refractivity contribution >= 4 is 0 Å². The monoisotopic (exact) mass is 232 g/mol. The summed E-state index contributed by atoms with van der Waals surface area (Å²) >= 11 is 0. The fourth-order valence-corrected chi connectivity index (χ4v) is 1.63. The summed E-state index contributed by atoms with van der Waals surface area (Å²) in [5, 5.41) is 12.6. The molecule has 0 spiro atoms. The maximum atomic E-state index is 8.68. The molecule has 4 nitrogen and oxygen atoms in total. The van der Waals surface area contributed by atoms with Crippen molar-refractivity contribution in [2.75, 3.05) is 6.61 Å². The Balaban J connectivity index is 1.90. The van der Waals surface area contributed by atoms with Gasteiger partial charge >= 0.3 is 0 Å². The Labute approximate surface area is 100 Å². The summed E-state index contributed by atoms with van der Waals surface area (Å²) in [4.78, 5) is 4.32. The van der Waals surface area contributed by atoms with Gasteiger partial charge in [0.15, 0.2) is 5.82 Å². The van der Waals surface area contributed by atoms with Gasteiger partial charge in [-0.3, -0.25) is 0 Å². The van der Waals surface area contributed by atoms with Crippen LogP contribution in [0.5, 0.6) is 0 Å². The Morgan fingerprint density at radius 2 is 1.94 bits per heavy atom. The number of rotatable bonds is 6. The smallest absolute Gasteiger partial charge is 0.226 e. The first-order valence-corrected chi connectivity index (χ1v) is 5.85. The molecule has 1 aromatic heterocycles. The summed E-state index contributed by atoms with van der Waals surface area (Å²) in [5.74, 6) is 1.37. The Morgan fingerprint density at radius 3 is 2.71 bits per heavy atom. The van der Waals surface area contributed by atoms with Crippen LogP contribution in [-0.2, 0) is 12.8 Å². The van der Waals surface area contributed by atoms with Crippen molar-refractivity contribution in [2.24, 2.45) is 0 Å². The Morgan fingerprint density at radius 1 is 1.12 bits per heavy atom. The number of aryl methyl sites for hydroxylation is 1. The summed E-state index contributed by atoms with van der Waals surface area (Å²) in [6, 6.07) is 10.1. The highest BCUT2D eigenvalue weighted by Gasteiger charge is 2.06. The molecule has 2 aromatic rings. The van der Waals surface area contributed by atoms with Crippen molar-refractivity contribution < 1.29 is 9.63 Å². The summed E-state index contributed by atoms with van der Waals surface area (Å²) < 4.78 is 5.14. The van der Waals surface area contributed by atoms with Crippen molar-refractivity contribution in [1.29, 1.82) is 0 Å². The average molecular weight is 232 g/mol. The fraction of sp³-hybridized carbons (Fsp3) is 0.385. The van der Waals surface area contributed by atoms with Crippen molar-refractivity contribution in [2.45, 2.75) is 25.7 Å². The topological polar surface area (TPSA) is 59.2 Å². The molecular formula is C13H16N2O2. The lowest BCUT2D eigenvalue weighted by Gasteiger charge is -1.94. The third-order valence-electron chi connectivity index (χ3n) is 2.51. The molecule has 0 unspecified atom stereocenters. The number of aliphatic hydroxyl groups excluding tert-OH is 1. The Bertz CT molecular complexity index is 440. The Kier molecular flexibility index (Phi) is 4.27. The van der Waals surface area contributed by atoms with E-state index >= 15 is 0 Å². The zero-order valence-corrected chi connectivity index (χ0v) is 9.67. The van der Waals surface area contributed by atoms with E-state index in [0.29, 0.717) is 12.3 Å². The van der Waals surface area contributed by atoms with Gasteiger partial charge in [-0.2, -0.15) is 4.98 Å². The van der Waals surface area contributed by atoms with Gasteiger partial charge in [0.1, 0.15) is 0 Å². The van der Waals surface area contributed by atoms with Crippen LogP contribution in [-0.4, -0.2) is 21.9 Å². The minimum absolute atomic E-state index is 0.213. The van der Waals surface area contributed by atoms with Crippen LogP contribution in [0.15, 0.2) is 34.9 Å². The van der Waals surface area contributed by atoms with Gasteiger partial charge in [-0.15, -0.1) is 0 Å². The highest BCUT2D eigenvalue weighted by molar-refractivity contribution is 5.18. The van der Waals surface area contributed by atoms with Crippen LogP contribution < -0.4 is 0 Å². The second-order valence-electron chi connectivity index (χ2n) is 3.95. The van der Waals surface area contributed by atoms with Gasteiger partial charge in [-0.05, 0) is 18.4 Å². The molecule has 0 bridgehead atoms. The van der Waals surface area contributed by atoms with E-state index in [1.807, 2.05) is 30.3 Å². The van der Waals surface area contributed by atoms with Gasteiger partial charge < -0.3 is 9.63 Å². The highest BCUT2D eigenvalue weighted by atomic mass is 16.5. The molecular weight excluding hydrogens is 216 g/mol. The molecule has 0 aliphatic rings. The van der Waals surface area contributed by atoms with E-state index in [9.17, 15) is 0 Å². The zero-order chi connectivity index (χ0) is 11.9. The summed E-state index contributed by atoms with van der Waals surface area (Å²) in [6.45, 7) is 0.213. The number of nitrogens with zero attached hydrogens (tertiary/aromatic N) is 2. The summed E-state index contributed by atoms with van der Waals surface area (Å²) in [6.07, 6.45) is 3.09. The Hall–Kier alpha value is -1.68. The third-order valence-corrected chi connectivity index (χ3v) is 2.51. The maximum Gasteiger partial charge on any atom is 0.226 e. The average Bonchev–Trinajstić information content (AvgIpc) is 2.79. The molecule has 0 saturated carbocycles. The molecule has 0 amide bonds. The van der Waals surface area contributed by atoms with Gasteiger partial charge in [0.25, 0.3) is 0 Å².